The highest BCUT2D eigenvalue weighted by Crippen LogP contribution is 2.31. The number of benzene rings is 1. The molecule has 2 aliphatic rings. The molecule has 2 amide bonds. The molecular formula is C29H32BrFN4O5S. The first-order chi connectivity index (χ1) is 19.6. The van der Waals surface area contributed by atoms with Crippen LogP contribution in [0.2, 0.25) is 0 Å². The second-order valence-corrected chi connectivity index (χ2v) is 12.8. The van der Waals surface area contributed by atoms with Gasteiger partial charge in [-0.15, -0.1) is 0 Å². The third-order valence-corrected chi connectivity index (χ3v) is 9.02. The van der Waals surface area contributed by atoms with Gasteiger partial charge < -0.3 is 24.3 Å². The van der Waals surface area contributed by atoms with Crippen molar-refractivity contribution < 1.29 is 28.2 Å². The average Bonchev–Trinajstić information content (AvgIpc) is 3.48. The van der Waals surface area contributed by atoms with Gasteiger partial charge in [-0.25, -0.2) is 9.37 Å². The molecule has 2 aromatic heterocycles. The van der Waals surface area contributed by atoms with E-state index in [0.29, 0.717) is 39.2 Å². The number of hydrogen-bond acceptors (Lipinski definition) is 7. The number of amides is 2. The maximum Gasteiger partial charge on any atom is 0.248 e. The lowest BCUT2D eigenvalue weighted by Gasteiger charge is -2.37. The fourth-order valence-electron chi connectivity index (χ4n) is 5.08. The normalized spacial score (nSPS) is 19.7. The largest absolute Gasteiger partial charge is 0.493 e. The average molecular weight is 648 g/mol. The summed E-state index contributed by atoms with van der Waals surface area (Å²) in [5.74, 6) is 1.74. The van der Waals surface area contributed by atoms with E-state index in [9.17, 15) is 18.8 Å². The molecule has 0 aliphatic carbocycles. The quantitative estimate of drug-likeness (QED) is 0.183. The maximum absolute atomic E-state index is 14.5. The Bertz CT molecular complexity index is 1460. The summed E-state index contributed by atoms with van der Waals surface area (Å²) in [7, 11) is 0. The molecule has 0 unspecified atom stereocenters. The number of rotatable bonds is 11. The van der Waals surface area contributed by atoms with Crippen LogP contribution >= 0.6 is 27.7 Å². The van der Waals surface area contributed by atoms with Gasteiger partial charge in [-0.2, -0.15) is 11.8 Å². The van der Waals surface area contributed by atoms with E-state index in [4.69, 9.17) is 9.47 Å². The van der Waals surface area contributed by atoms with Gasteiger partial charge in [-0.05, 0) is 53.2 Å². The van der Waals surface area contributed by atoms with E-state index < -0.39 is 24.0 Å². The Labute approximate surface area is 250 Å². The summed E-state index contributed by atoms with van der Waals surface area (Å²) in [6.45, 7) is 5.49. The second-order valence-electron chi connectivity index (χ2n) is 10.8. The summed E-state index contributed by atoms with van der Waals surface area (Å²) >= 11 is 5.08. The molecule has 2 atom stereocenters. The van der Waals surface area contributed by atoms with Crippen LogP contribution in [0.15, 0.2) is 47.2 Å². The molecule has 9 nitrogen and oxygen atoms in total. The van der Waals surface area contributed by atoms with Crippen molar-refractivity contribution in [2.45, 2.75) is 39.0 Å². The number of pyridine rings is 1. The third kappa shape index (κ3) is 6.92. The van der Waals surface area contributed by atoms with Crippen LogP contribution < -0.4 is 10.1 Å². The molecule has 4 heterocycles. The summed E-state index contributed by atoms with van der Waals surface area (Å²) in [6.07, 6.45) is 0.222. The monoisotopic (exact) mass is 646 g/mol. The van der Waals surface area contributed by atoms with Gasteiger partial charge in [0.15, 0.2) is 5.78 Å². The molecule has 0 spiro atoms. The van der Waals surface area contributed by atoms with Gasteiger partial charge in [0.25, 0.3) is 0 Å². The van der Waals surface area contributed by atoms with E-state index in [1.54, 1.807) is 29.0 Å². The molecule has 218 valence electrons. The van der Waals surface area contributed by atoms with Crippen LogP contribution in [-0.4, -0.2) is 82.1 Å². The smallest absolute Gasteiger partial charge is 0.248 e. The Hall–Kier alpha value is -2.96. The first kappa shape index (κ1) is 29.5. The van der Waals surface area contributed by atoms with Crippen molar-refractivity contribution in [1.29, 1.82) is 0 Å². The van der Waals surface area contributed by atoms with Gasteiger partial charge in [-0.3, -0.25) is 14.4 Å². The minimum absolute atomic E-state index is 0.0945. The highest BCUT2D eigenvalue weighted by Gasteiger charge is 2.40. The summed E-state index contributed by atoms with van der Waals surface area (Å²) < 4.78 is 27.9. The van der Waals surface area contributed by atoms with Crippen molar-refractivity contribution in [3.63, 3.8) is 0 Å². The van der Waals surface area contributed by atoms with Crippen LogP contribution in [0.3, 0.4) is 0 Å². The van der Waals surface area contributed by atoms with Crippen molar-refractivity contribution in [2.24, 2.45) is 5.41 Å². The number of carbonyl (C=O) groups excluding carboxylic acids is 3. The predicted molar refractivity (Wildman–Crippen MR) is 159 cm³/mol. The molecule has 2 aliphatic heterocycles. The summed E-state index contributed by atoms with van der Waals surface area (Å²) in [5, 5.41) is 3.35. The van der Waals surface area contributed by atoms with Crippen LogP contribution in [0.5, 0.6) is 5.75 Å². The standard InChI is InChI=1S/C29H32BrFN4O5S/c1-18(36)22-13-34(23-7-6-20(11-21(22)23)40-8-9-41-17-29(2)15-39-16-29)14-27(37)35-12-19(31)10-24(35)28(38)33-26-5-3-4-25(30)32-26/h3-7,11,13,19,24H,8-10,12,14-17H2,1-2H3,(H,32,33,38)/t19-,24+/m1/s1. The molecule has 2 saturated heterocycles. The number of nitrogens with one attached hydrogen (secondary N) is 1. The van der Waals surface area contributed by atoms with Crippen molar-refractivity contribution in [3.8, 4) is 5.75 Å². The SMILES string of the molecule is CC(=O)c1cn(CC(=O)N2C[C@H](F)C[C@H]2C(=O)Nc2cccc(Br)n2)c2ccc(OCCSCC3(C)COC3)cc12. The Balaban J connectivity index is 1.26. The number of ketones is 1. The summed E-state index contributed by atoms with van der Waals surface area (Å²) in [5.41, 5.74) is 1.39. The molecule has 41 heavy (non-hydrogen) atoms. The van der Waals surface area contributed by atoms with Crippen molar-refractivity contribution in [1.82, 2.24) is 14.5 Å². The van der Waals surface area contributed by atoms with Gasteiger partial charge in [-0.1, -0.05) is 13.0 Å². The van der Waals surface area contributed by atoms with E-state index >= 15 is 0 Å². The molecule has 0 bridgehead atoms. The Morgan fingerprint density at radius 2 is 2.07 bits per heavy atom. The highest BCUT2D eigenvalue weighted by molar-refractivity contribution is 9.10. The Morgan fingerprint density at radius 1 is 1.27 bits per heavy atom. The van der Waals surface area contributed by atoms with E-state index in [1.165, 1.54) is 11.8 Å². The first-order valence-electron chi connectivity index (χ1n) is 13.4. The lowest BCUT2D eigenvalue weighted by Crippen LogP contribution is -2.44. The second kappa shape index (κ2) is 12.5. The van der Waals surface area contributed by atoms with E-state index in [1.807, 2.05) is 30.0 Å². The van der Waals surface area contributed by atoms with Crippen molar-refractivity contribution in [3.05, 3.63) is 52.8 Å². The maximum atomic E-state index is 14.5. The molecule has 12 heteroatoms. The number of likely N-dealkylation sites (tertiary alicyclic amines) is 1. The van der Waals surface area contributed by atoms with E-state index in [2.05, 4.69) is 33.2 Å². The number of halogens is 2. The number of Topliss-reactive ketones (excluding diaryl/α,β-unsaturated/α-hetero) is 1. The zero-order valence-corrected chi connectivity index (χ0v) is 25.3. The number of thioether (sulfide) groups is 1. The molecule has 0 saturated carbocycles. The predicted octanol–water partition coefficient (Wildman–Crippen LogP) is 4.73. The first-order valence-corrected chi connectivity index (χ1v) is 15.4. The number of alkyl halides is 1. The minimum atomic E-state index is -1.32. The Morgan fingerprint density at radius 3 is 2.78 bits per heavy atom. The van der Waals surface area contributed by atoms with Crippen LogP contribution in [-0.2, 0) is 20.9 Å². The number of carbonyl (C=O) groups is 3. The fraction of sp³-hybridized carbons (Fsp3) is 0.448. The fourth-order valence-corrected chi connectivity index (χ4v) is 6.43. The van der Waals surface area contributed by atoms with Gasteiger partial charge in [0.05, 0.1) is 26.4 Å². The highest BCUT2D eigenvalue weighted by atomic mass is 79.9. The summed E-state index contributed by atoms with van der Waals surface area (Å²) in [6, 6.07) is 9.53. The Kier molecular flexibility index (Phi) is 9.00. The topological polar surface area (TPSA) is 103 Å². The number of nitrogens with zero attached hydrogens (tertiary/aromatic N) is 3. The lowest BCUT2D eigenvalue weighted by atomic mass is 9.92. The minimum Gasteiger partial charge on any atom is -0.493 e. The molecule has 1 aromatic carbocycles. The van der Waals surface area contributed by atoms with E-state index in [-0.39, 0.29) is 30.7 Å². The van der Waals surface area contributed by atoms with Crippen molar-refractivity contribution >= 4 is 62.0 Å². The molecule has 1 N–H and O–H groups in total. The molecule has 3 aromatic rings. The van der Waals surface area contributed by atoms with Crippen LogP contribution in [0.4, 0.5) is 10.2 Å². The lowest BCUT2D eigenvalue weighted by molar-refractivity contribution is -0.137. The molecule has 2 fully saturated rings. The van der Waals surface area contributed by atoms with Crippen LogP contribution in [0.1, 0.15) is 30.6 Å². The number of anilines is 1. The molecular weight excluding hydrogens is 615 g/mol. The molecule has 5 rings (SSSR count). The zero-order valence-electron chi connectivity index (χ0n) is 22.9. The van der Waals surface area contributed by atoms with Gasteiger partial charge in [0, 0.05) is 46.0 Å². The number of hydrogen-bond donors (Lipinski definition) is 1. The van der Waals surface area contributed by atoms with Gasteiger partial charge >= 0.3 is 0 Å². The van der Waals surface area contributed by atoms with Crippen LogP contribution in [0, 0.1) is 5.41 Å². The van der Waals surface area contributed by atoms with Crippen LogP contribution in [0.25, 0.3) is 10.9 Å². The van der Waals surface area contributed by atoms with Gasteiger partial charge in [0.2, 0.25) is 11.8 Å². The number of ether oxygens (including phenoxy) is 2. The molecule has 0 radical (unpaired) electrons. The van der Waals surface area contributed by atoms with E-state index in [0.717, 1.165) is 24.7 Å². The van der Waals surface area contributed by atoms with Gasteiger partial charge in [0.1, 0.15) is 34.9 Å². The summed E-state index contributed by atoms with van der Waals surface area (Å²) in [4.78, 5) is 44.3. The van der Waals surface area contributed by atoms with Crippen molar-refractivity contribution in [2.75, 3.05) is 43.2 Å². The zero-order chi connectivity index (χ0) is 29.1. The third-order valence-electron chi connectivity index (χ3n) is 7.22. The number of fused-ring (bicyclic) bond motifs is 1. The number of aromatic nitrogens is 2.